The topological polar surface area (TPSA) is 103 Å². The fraction of sp³-hybridized carbons (Fsp3) is 0.174. The van der Waals surface area contributed by atoms with Crippen LogP contribution in [-0.4, -0.2) is 39.0 Å². The summed E-state index contributed by atoms with van der Waals surface area (Å²) >= 11 is 1.42. The van der Waals surface area contributed by atoms with E-state index in [1.54, 1.807) is 42.7 Å². The summed E-state index contributed by atoms with van der Waals surface area (Å²) in [6, 6.07) is 11.7. The molecule has 0 N–H and O–H groups in total. The lowest BCUT2D eigenvalue weighted by atomic mass is 10.2. The Morgan fingerprint density at radius 3 is 2.79 bits per heavy atom. The van der Waals surface area contributed by atoms with Gasteiger partial charge in [-0.1, -0.05) is 17.4 Å². The monoisotopic (exact) mass is 463 g/mol. The van der Waals surface area contributed by atoms with Gasteiger partial charge in [0.1, 0.15) is 11.3 Å². The van der Waals surface area contributed by atoms with Gasteiger partial charge in [0.2, 0.25) is 0 Å². The summed E-state index contributed by atoms with van der Waals surface area (Å²) in [4.78, 5) is 33.9. The van der Waals surface area contributed by atoms with E-state index in [1.807, 2.05) is 29.0 Å². The number of imidazole rings is 1. The van der Waals surface area contributed by atoms with Gasteiger partial charge in [0.15, 0.2) is 5.13 Å². The summed E-state index contributed by atoms with van der Waals surface area (Å²) in [5.41, 5.74) is 1.41. The van der Waals surface area contributed by atoms with Crippen LogP contribution in [0.1, 0.15) is 12.0 Å². The highest BCUT2D eigenvalue weighted by Crippen LogP contribution is 2.34. The Balaban J connectivity index is 1.57. The number of non-ortho nitro benzene ring substituents is 1. The third-order valence-corrected chi connectivity index (χ3v) is 6.01. The van der Waals surface area contributed by atoms with E-state index in [0.717, 1.165) is 4.70 Å². The number of para-hydroxylation sites is 1. The second kappa shape index (κ2) is 10.0. The largest absolute Gasteiger partial charge is 0.494 e. The molecule has 0 saturated carbocycles. The number of aromatic nitrogens is 3. The molecule has 4 aromatic rings. The van der Waals surface area contributed by atoms with E-state index in [0.29, 0.717) is 41.5 Å². The molecule has 0 radical (unpaired) electrons. The summed E-state index contributed by atoms with van der Waals surface area (Å²) < 4.78 is 8.29. The van der Waals surface area contributed by atoms with E-state index in [4.69, 9.17) is 4.74 Å². The van der Waals surface area contributed by atoms with Crippen LogP contribution in [-0.2, 0) is 11.3 Å². The van der Waals surface area contributed by atoms with Crippen molar-refractivity contribution in [3.63, 3.8) is 0 Å². The highest BCUT2D eigenvalue weighted by molar-refractivity contribution is 7.22. The number of nitro benzene ring substituents is 1. The van der Waals surface area contributed by atoms with Gasteiger partial charge < -0.3 is 9.30 Å². The molecule has 1 amide bonds. The van der Waals surface area contributed by atoms with E-state index >= 15 is 0 Å². The van der Waals surface area contributed by atoms with Crippen LogP contribution < -0.4 is 9.64 Å². The minimum Gasteiger partial charge on any atom is -0.494 e. The van der Waals surface area contributed by atoms with E-state index in [-0.39, 0.29) is 11.6 Å². The third kappa shape index (κ3) is 5.24. The fourth-order valence-electron chi connectivity index (χ4n) is 3.29. The zero-order valence-electron chi connectivity index (χ0n) is 17.8. The number of anilines is 1. The van der Waals surface area contributed by atoms with Crippen LogP contribution in [0.3, 0.4) is 0 Å². The number of thiazole rings is 1. The van der Waals surface area contributed by atoms with Gasteiger partial charge in [-0.2, -0.15) is 0 Å². The zero-order valence-corrected chi connectivity index (χ0v) is 18.6. The van der Waals surface area contributed by atoms with Gasteiger partial charge in [-0.15, -0.1) is 0 Å². The second-order valence-corrected chi connectivity index (χ2v) is 8.14. The number of aryl methyl sites for hydroxylation is 1. The van der Waals surface area contributed by atoms with Gasteiger partial charge in [0.05, 0.1) is 23.1 Å². The van der Waals surface area contributed by atoms with Crippen molar-refractivity contribution in [2.75, 3.05) is 18.6 Å². The van der Waals surface area contributed by atoms with E-state index < -0.39 is 4.92 Å². The van der Waals surface area contributed by atoms with Gasteiger partial charge >= 0.3 is 0 Å². The predicted octanol–water partition coefficient (Wildman–Crippen LogP) is 4.55. The average molecular weight is 464 g/mol. The molecule has 10 heteroatoms. The Bertz CT molecular complexity index is 1280. The molecule has 0 unspecified atom stereocenters. The first-order valence-corrected chi connectivity index (χ1v) is 11.0. The summed E-state index contributed by atoms with van der Waals surface area (Å²) in [5, 5.41) is 11.4. The molecule has 0 atom stereocenters. The van der Waals surface area contributed by atoms with Crippen molar-refractivity contribution in [3.05, 3.63) is 82.9 Å². The molecule has 0 aliphatic heterocycles. The lowest BCUT2D eigenvalue weighted by molar-refractivity contribution is -0.384. The Morgan fingerprint density at radius 1 is 1.27 bits per heavy atom. The highest BCUT2D eigenvalue weighted by Gasteiger charge is 2.19. The first kappa shape index (κ1) is 22.2. The molecule has 0 spiro atoms. The standard InChI is InChI=1S/C23H21N5O4S/c1-32-19-4-2-5-20-22(19)25-23(33-20)27(14-3-13-26-15-12-24-16-26)21(29)11-8-17-6-9-18(10-7-17)28(30)31/h2,4-12,15-16H,3,13-14H2,1H3/b11-8+. The van der Waals surface area contributed by atoms with Crippen LogP contribution in [0.5, 0.6) is 5.75 Å². The minimum atomic E-state index is -0.456. The molecule has 0 saturated heterocycles. The molecule has 0 aliphatic rings. The number of carbonyl (C=O) groups is 1. The first-order valence-electron chi connectivity index (χ1n) is 10.2. The highest BCUT2D eigenvalue weighted by atomic mass is 32.1. The quantitative estimate of drug-likeness (QED) is 0.205. The number of nitrogens with zero attached hydrogens (tertiary/aromatic N) is 5. The average Bonchev–Trinajstić information content (AvgIpc) is 3.50. The number of benzene rings is 2. The molecular weight excluding hydrogens is 442 g/mol. The number of carbonyl (C=O) groups excluding carboxylic acids is 1. The summed E-state index contributed by atoms with van der Waals surface area (Å²) in [7, 11) is 1.59. The lowest BCUT2D eigenvalue weighted by Crippen LogP contribution is -2.30. The number of fused-ring (bicyclic) bond motifs is 1. The molecule has 168 valence electrons. The fourth-order valence-corrected chi connectivity index (χ4v) is 4.30. The van der Waals surface area contributed by atoms with Crippen molar-refractivity contribution in [1.29, 1.82) is 0 Å². The van der Waals surface area contributed by atoms with Crippen LogP contribution in [0.2, 0.25) is 0 Å². The Kier molecular flexibility index (Phi) is 6.75. The number of hydrogen-bond acceptors (Lipinski definition) is 7. The van der Waals surface area contributed by atoms with E-state index in [1.165, 1.54) is 29.5 Å². The van der Waals surface area contributed by atoms with Crippen LogP contribution in [0.4, 0.5) is 10.8 Å². The lowest BCUT2D eigenvalue weighted by Gasteiger charge is -2.18. The number of nitro groups is 1. The number of rotatable bonds is 9. The maximum atomic E-state index is 13.2. The predicted molar refractivity (Wildman–Crippen MR) is 127 cm³/mol. The summed E-state index contributed by atoms with van der Waals surface area (Å²) in [5.74, 6) is 0.430. The molecule has 2 aromatic carbocycles. The van der Waals surface area contributed by atoms with Crippen molar-refractivity contribution < 1.29 is 14.5 Å². The number of ether oxygens (including phenoxy) is 1. The van der Waals surface area contributed by atoms with Crippen LogP contribution in [0.25, 0.3) is 16.3 Å². The Hall–Kier alpha value is -4.05. The van der Waals surface area contributed by atoms with E-state index in [2.05, 4.69) is 9.97 Å². The molecule has 9 nitrogen and oxygen atoms in total. The smallest absolute Gasteiger partial charge is 0.269 e. The van der Waals surface area contributed by atoms with Gasteiger partial charge in [0, 0.05) is 43.7 Å². The van der Waals surface area contributed by atoms with E-state index in [9.17, 15) is 14.9 Å². The summed E-state index contributed by atoms with van der Waals surface area (Å²) in [6.45, 7) is 1.17. The molecule has 0 aliphatic carbocycles. The Morgan fingerprint density at radius 2 is 2.09 bits per heavy atom. The molecule has 0 bridgehead atoms. The number of hydrogen-bond donors (Lipinski definition) is 0. The van der Waals surface area contributed by atoms with Crippen molar-refractivity contribution >= 4 is 44.4 Å². The molecule has 4 rings (SSSR count). The van der Waals surface area contributed by atoms with Gasteiger partial charge in [-0.25, -0.2) is 9.97 Å². The van der Waals surface area contributed by atoms with Crippen LogP contribution >= 0.6 is 11.3 Å². The maximum absolute atomic E-state index is 13.2. The maximum Gasteiger partial charge on any atom is 0.269 e. The summed E-state index contributed by atoms with van der Waals surface area (Å²) in [6.07, 6.45) is 9.15. The third-order valence-electron chi connectivity index (χ3n) is 4.97. The van der Waals surface area contributed by atoms with Gasteiger partial charge in [-0.05, 0) is 42.3 Å². The molecule has 2 heterocycles. The van der Waals surface area contributed by atoms with Crippen molar-refractivity contribution in [2.45, 2.75) is 13.0 Å². The second-order valence-electron chi connectivity index (χ2n) is 7.13. The number of amides is 1. The molecule has 2 aromatic heterocycles. The van der Waals surface area contributed by atoms with Crippen molar-refractivity contribution in [1.82, 2.24) is 14.5 Å². The Labute approximate surface area is 193 Å². The van der Waals surface area contributed by atoms with Crippen LogP contribution in [0, 0.1) is 10.1 Å². The molecule has 0 fully saturated rings. The zero-order chi connectivity index (χ0) is 23.2. The molecular formula is C23H21N5O4S. The molecule has 33 heavy (non-hydrogen) atoms. The van der Waals surface area contributed by atoms with Crippen LogP contribution in [0.15, 0.2) is 67.3 Å². The van der Waals surface area contributed by atoms with Gasteiger partial charge in [0.25, 0.3) is 11.6 Å². The van der Waals surface area contributed by atoms with Gasteiger partial charge in [-0.3, -0.25) is 19.8 Å². The van der Waals surface area contributed by atoms with Crippen molar-refractivity contribution in [3.8, 4) is 5.75 Å². The minimum absolute atomic E-state index is 0.00280. The SMILES string of the molecule is COc1cccc2sc(N(CCCn3ccnc3)C(=O)/C=C/c3ccc([N+](=O)[O-])cc3)nc12. The normalized spacial score (nSPS) is 11.2. The van der Waals surface area contributed by atoms with Crippen molar-refractivity contribution in [2.24, 2.45) is 0 Å². The number of methoxy groups -OCH3 is 1. The first-order chi connectivity index (χ1) is 16.0.